The first kappa shape index (κ1) is 24.1. The maximum Gasteiger partial charge on any atom is 0.416 e. The molecule has 0 saturated carbocycles. The molecule has 0 fully saturated rings. The summed E-state index contributed by atoms with van der Waals surface area (Å²) < 4.78 is 64.1. The summed E-state index contributed by atoms with van der Waals surface area (Å²) >= 11 is 0. The summed E-state index contributed by atoms with van der Waals surface area (Å²) in [7, 11) is -4.02. The number of benzene rings is 2. The molecule has 1 N–H and O–H groups in total. The molecule has 168 valence electrons. The van der Waals surface area contributed by atoms with Crippen molar-refractivity contribution in [1.82, 2.24) is 5.32 Å². The fourth-order valence-electron chi connectivity index (χ4n) is 2.97. The molecule has 0 radical (unpaired) electrons. The van der Waals surface area contributed by atoms with Crippen molar-refractivity contribution in [3.63, 3.8) is 0 Å². The molecule has 2 aromatic carbocycles. The minimum atomic E-state index is -4.54. The standard InChI is InChI=1S/C19H20F3N3O5S/c1-3-17(18(26)23-12-13-6-4-7-14(10-13)19(20,21)22)24(31(2,29)30)15-8-5-9-16(11-15)25(27)28/h4-11,17H,3,12H2,1-2H3,(H,23,26)/t17-/m0/s1. The molecular weight excluding hydrogens is 439 g/mol. The van der Waals surface area contributed by atoms with Gasteiger partial charge in [-0.05, 0) is 30.2 Å². The number of non-ortho nitro benzene ring substituents is 1. The second-order valence-corrected chi connectivity index (χ2v) is 8.54. The Morgan fingerprint density at radius 3 is 2.39 bits per heavy atom. The number of nitro benzene ring substituents is 1. The third-order valence-corrected chi connectivity index (χ3v) is 5.53. The molecule has 31 heavy (non-hydrogen) atoms. The minimum Gasteiger partial charge on any atom is -0.350 e. The lowest BCUT2D eigenvalue weighted by atomic mass is 10.1. The van der Waals surface area contributed by atoms with Gasteiger partial charge in [0.05, 0.1) is 22.4 Å². The molecule has 1 amide bonds. The Labute approximate surface area is 176 Å². The zero-order valence-electron chi connectivity index (χ0n) is 16.6. The van der Waals surface area contributed by atoms with Gasteiger partial charge in [0.15, 0.2) is 0 Å². The first-order valence-electron chi connectivity index (χ1n) is 9.02. The first-order chi connectivity index (χ1) is 14.3. The summed E-state index contributed by atoms with van der Waals surface area (Å²) in [5, 5.41) is 13.5. The molecule has 0 saturated heterocycles. The van der Waals surface area contributed by atoms with Crippen molar-refractivity contribution < 1.29 is 31.3 Å². The summed E-state index contributed by atoms with van der Waals surface area (Å²) in [6.07, 6.45) is -3.67. The maximum absolute atomic E-state index is 12.9. The van der Waals surface area contributed by atoms with Gasteiger partial charge in [-0.1, -0.05) is 25.1 Å². The molecule has 2 rings (SSSR count). The van der Waals surface area contributed by atoms with Crippen molar-refractivity contribution in [3.8, 4) is 0 Å². The number of halogens is 3. The van der Waals surface area contributed by atoms with Gasteiger partial charge in [-0.3, -0.25) is 19.2 Å². The Morgan fingerprint density at radius 1 is 1.19 bits per heavy atom. The van der Waals surface area contributed by atoms with Gasteiger partial charge in [0.25, 0.3) is 5.69 Å². The van der Waals surface area contributed by atoms with Crippen molar-refractivity contribution in [2.24, 2.45) is 0 Å². The number of rotatable bonds is 8. The van der Waals surface area contributed by atoms with Crippen molar-refractivity contribution in [2.45, 2.75) is 32.1 Å². The number of nitrogens with one attached hydrogen (secondary N) is 1. The van der Waals surface area contributed by atoms with Crippen LogP contribution in [0.3, 0.4) is 0 Å². The Bertz CT molecular complexity index is 1070. The quantitative estimate of drug-likeness (QED) is 0.480. The van der Waals surface area contributed by atoms with Crippen LogP contribution in [0.25, 0.3) is 0 Å². The average Bonchev–Trinajstić information content (AvgIpc) is 2.68. The minimum absolute atomic E-state index is 0.0180. The van der Waals surface area contributed by atoms with Crippen LogP contribution in [0.1, 0.15) is 24.5 Å². The van der Waals surface area contributed by atoms with Crippen LogP contribution in [0.15, 0.2) is 48.5 Å². The van der Waals surface area contributed by atoms with Crippen molar-refractivity contribution in [3.05, 3.63) is 69.8 Å². The number of amides is 1. The Hall–Kier alpha value is -3.15. The lowest BCUT2D eigenvalue weighted by molar-refractivity contribution is -0.384. The van der Waals surface area contributed by atoms with E-state index >= 15 is 0 Å². The van der Waals surface area contributed by atoms with Gasteiger partial charge in [-0.15, -0.1) is 0 Å². The highest BCUT2D eigenvalue weighted by Gasteiger charge is 2.33. The van der Waals surface area contributed by atoms with Crippen molar-refractivity contribution >= 4 is 27.3 Å². The summed E-state index contributed by atoms with van der Waals surface area (Å²) in [4.78, 5) is 23.1. The summed E-state index contributed by atoms with van der Waals surface area (Å²) in [6, 6.07) is 7.93. The molecule has 1 atom stereocenters. The number of anilines is 1. The second-order valence-electron chi connectivity index (χ2n) is 6.68. The number of nitro groups is 1. The molecule has 0 aromatic heterocycles. The van der Waals surface area contributed by atoms with Crippen LogP contribution in [0, 0.1) is 10.1 Å². The van der Waals surface area contributed by atoms with Crippen molar-refractivity contribution in [1.29, 1.82) is 0 Å². The number of sulfonamides is 1. The SMILES string of the molecule is CC[C@@H](C(=O)NCc1cccc(C(F)(F)F)c1)N(c1cccc([N+](=O)[O-])c1)S(C)(=O)=O. The van der Waals surface area contributed by atoms with Crippen LogP contribution < -0.4 is 9.62 Å². The molecule has 0 aliphatic rings. The van der Waals surface area contributed by atoms with E-state index in [9.17, 15) is 36.5 Å². The number of hydrogen-bond donors (Lipinski definition) is 1. The lowest BCUT2D eigenvalue weighted by Crippen LogP contribution is -2.49. The van der Waals surface area contributed by atoms with Gasteiger partial charge in [0, 0.05) is 18.7 Å². The topological polar surface area (TPSA) is 110 Å². The zero-order valence-corrected chi connectivity index (χ0v) is 17.4. The third kappa shape index (κ3) is 6.17. The molecule has 0 unspecified atom stereocenters. The van der Waals surface area contributed by atoms with Crippen LogP contribution in [0.5, 0.6) is 0 Å². The van der Waals surface area contributed by atoms with Gasteiger partial charge in [-0.2, -0.15) is 13.2 Å². The largest absolute Gasteiger partial charge is 0.416 e. The van der Waals surface area contributed by atoms with Crippen LogP contribution in [0.4, 0.5) is 24.5 Å². The predicted molar refractivity (Wildman–Crippen MR) is 108 cm³/mol. The lowest BCUT2D eigenvalue weighted by Gasteiger charge is -2.30. The first-order valence-corrected chi connectivity index (χ1v) is 10.9. The summed E-state index contributed by atoms with van der Waals surface area (Å²) in [5.41, 5.74) is -1.12. The number of carbonyl (C=O) groups excluding carboxylic acids is 1. The molecular formula is C19H20F3N3O5S. The van der Waals surface area contributed by atoms with E-state index in [2.05, 4.69) is 5.32 Å². The van der Waals surface area contributed by atoms with E-state index in [4.69, 9.17) is 0 Å². The molecule has 2 aromatic rings. The van der Waals surface area contributed by atoms with E-state index in [-0.39, 0.29) is 29.9 Å². The zero-order chi connectivity index (χ0) is 23.4. The van der Waals surface area contributed by atoms with Gasteiger partial charge in [0.2, 0.25) is 15.9 Å². The molecule has 0 aliphatic heterocycles. The summed E-state index contributed by atoms with van der Waals surface area (Å²) in [6.45, 7) is 1.29. The second kappa shape index (κ2) is 9.33. The van der Waals surface area contributed by atoms with E-state index in [0.717, 1.165) is 28.8 Å². The van der Waals surface area contributed by atoms with Gasteiger partial charge >= 0.3 is 6.18 Å². The highest BCUT2D eigenvalue weighted by atomic mass is 32.2. The monoisotopic (exact) mass is 459 g/mol. The van der Waals surface area contributed by atoms with Gasteiger partial charge in [-0.25, -0.2) is 8.42 Å². The Morgan fingerprint density at radius 2 is 1.84 bits per heavy atom. The molecule has 12 heteroatoms. The highest BCUT2D eigenvalue weighted by Crippen LogP contribution is 2.30. The molecule has 0 heterocycles. The molecule has 8 nitrogen and oxygen atoms in total. The number of hydrogen-bond acceptors (Lipinski definition) is 5. The molecule has 0 bridgehead atoms. The van der Waals surface area contributed by atoms with E-state index in [1.54, 1.807) is 6.92 Å². The number of nitrogens with zero attached hydrogens (tertiary/aromatic N) is 2. The Balaban J connectivity index is 2.30. The summed E-state index contributed by atoms with van der Waals surface area (Å²) in [5.74, 6) is -0.753. The molecule has 0 aliphatic carbocycles. The van der Waals surface area contributed by atoms with Crippen LogP contribution in [-0.4, -0.2) is 31.5 Å². The van der Waals surface area contributed by atoms with E-state index in [1.165, 1.54) is 30.3 Å². The highest BCUT2D eigenvalue weighted by molar-refractivity contribution is 7.92. The normalized spacial score (nSPS) is 12.8. The maximum atomic E-state index is 12.9. The van der Waals surface area contributed by atoms with E-state index in [0.29, 0.717) is 0 Å². The smallest absolute Gasteiger partial charge is 0.350 e. The van der Waals surface area contributed by atoms with E-state index < -0.39 is 38.6 Å². The average molecular weight is 459 g/mol. The van der Waals surface area contributed by atoms with Gasteiger partial charge in [0.1, 0.15) is 6.04 Å². The fourth-order valence-corrected chi connectivity index (χ4v) is 4.17. The number of alkyl halides is 3. The Kier molecular flexibility index (Phi) is 7.26. The van der Waals surface area contributed by atoms with Crippen molar-refractivity contribution in [2.75, 3.05) is 10.6 Å². The number of carbonyl (C=O) groups is 1. The molecule has 0 spiro atoms. The predicted octanol–water partition coefficient (Wildman–Crippen LogP) is 3.47. The van der Waals surface area contributed by atoms with Gasteiger partial charge < -0.3 is 5.32 Å². The van der Waals surface area contributed by atoms with Crippen LogP contribution in [0.2, 0.25) is 0 Å². The fraction of sp³-hybridized carbons (Fsp3) is 0.316. The third-order valence-electron chi connectivity index (χ3n) is 4.35. The van der Waals surface area contributed by atoms with Crippen LogP contribution >= 0.6 is 0 Å². The van der Waals surface area contributed by atoms with E-state index in [1.807, 2.05) is 0 Å². The van der Waals surface area contributed by atoms with Crippen LogP contribution in [-0.2, 0) is 27.5 Å².